The lowest BCUT2D eigenvalue weighted by Crippen LogP contribution is -2.34. The third-order valence-corrected chi connectivity index (χ3v) is 4.91. The van der Waals surface area contributed by atoms with E-state index in [-0.39, 0.29) is 5.95 Å². The van der Waals surface area contributed by atoms with Crippen LogP contribution >= 0.6 is 0 Å². The zero-order chi connectivity index (χ0) is 18.6. The van der Waals surface area contributed by atoms with Crippen molar-refractivity contribution in [3.05, 3.63) is 54.4 Å². The van der Waals surface area contributed by atoms with Gasteiger partial charge < -0.3 is 19.9 Å². The van der Waals surface area contributed by atoms with Crippen LogP contribution in [0.1, 0.15) is 30.3 Å². The molecule has 0 bridgehead atoms. The molecule has 8 nitrogen and oxygen atoms in total. The maximum absolute atomic E-state index is 5.79. The smallest absolute Gasteiger partial charge is 0.225 e. The summed E-state index contributed by atoms with van der Waals surface area (Å²) in [7, 11) is 1.58. The molecule has 0 atom stereocenters. The molecule has 1 fully saturated rings. The van der Waals surface area contributed by atoms with Gasteiger partial charge in [0.2, 0.25) is 11.8 Å². The highest BCUT2D eigenvalue weighted by molar-refractivity contribution is 5.46. The summed E-state index contributed by atoms with van der Waals surface area (Å²) in [5.74, 6) is 3.08. The van der Waals surface area contributed by atoms with E-state index in [1.165, 1.54) is 0 Å². The number of pyridine rings is 1. The molecule has 0 saturated carbocycles. The van der Waals surface area contributed by atoms with Crippen LogP contribution in [0.4, 0.5) is 11.8 Å². The van der Waals surface area contributed by atoms with Gasteiger partial charge in [-0.3, -0.25) is 4.98 Å². The summed E-state index contributed by atoms with van der Waals surface area (Å²) < 4.78 is 7.40. The highest BCUT2D eigenvalue weighted by Crippen LogP contribution is 2.30. The van der Waals surface area contributed by atoms with Crippen molar-refractivity contribution < 1.29 is 4.74 Å². The number of aromatic nitrogens is 5. The third-order valence-electron chi connectivity index (χ3n) is 4.91. The van der Waals surface area contributed by atoms with Crippen LogP contribution in [0.5, 0.6) is 5.88 Å². The lowest BCUT2D eigenvalue weighted by Gasteiger charge is -2.32. The fourth-order valence-corrected chi connectivity index (χ4v) is 3.54. The van der Waals surface area contributed by atoms with Gasteiger partial charge in [-0.05, 0) is 25.0 Å². The van der Waals surface area contributed by atoms with E-state index in [9.17, 15) is 0 Å². The topological polar surface area (TPSA) is 95.0 Å². The Morgan fingerprint density at radius 3 is 2.74 bits per heavy atom. The number of methoxy groups -OCH3 is 1. The van der Waals surface area contributed by atoms with E-state index in [1.807, 2.05) is 42.9 Å². The Kier molecular flexibility index (Phi) is 4.86. The number of nitrogen functional groups attached to an aromatic ring is 1. The molecule has 2 N–H and O–H groups in total. The first-order valence-corrected chi connectivity index (χ1v) is 9.07. The van der Waals surface area contributed by atoms with Crippen molar-refractivity contribution in [1.82, 2.24) is 24.5 Å². The molecule has 3 aromatic rings. The predicted octanol–water partition coefficient (Wildman–Crippen LogP) is 2.09. The number of piperidine rings is 1. The Labute approximate surface area is 158 Å². The van der Waals surface area contributed by atoms with Crippen LogP contribution in [0.3, 0.4) is 0 Å². The van der Waals surface area contributed by atoms with E-state index >= 15 is 0 Å². The molecule has 0 aliphatic carbocycles. The Morgan fingerprint density at radius 1 is 1.15 bits per heavy atom. The van der Waals surface area contributed by atoms with Gasteiger partial charge >= 0.3 is 0 Å². The lowest BCUT2D eigenvalue weighted by atomic mass is 9.96. The average molecular weight is 365 g/mol. The van der Waals surface area contributed by atoms with Crippen molar-refractivity contribution >= 4 is 11.8 Å². The third kappa shape index (κ3) is 3.84. The highest BCUT2D eigenvalue weighted by atomic mass is 16.5. The van der Waals surface area contributed by atoms with Gasteiger partial charge in [-0.1, -0.05) is 6.07 Å². The second-order valence-electron chi connectivity index (χ2n) is 6.62. The first-order chi connectivity index (χ1) is 13.2. The number of hydrogen-bond acceptors (Lipinski definition) is 7. The zero-order valence-electron chi connectivity index (χ0n) is 15.3. The van der Waals surface area contributed by atoms with Gasteiger partial charge in [0.25, 0.3) is 0 Å². The van der Waals surface area contributed by atoms with Gasteiger partial charge in [0.1, 0.15) is 11.6 Å². The van der Waals surface area contributed by atoms with E-state index in [4.69, 9.17) is 10.5 Å². The summed E-state index contributed by atoms with van der Waals surface area (Å²) in [5.41, 5.74) is 6.83. The van der Waals surface area contributed by atoms with Crippen molar-refractivity contribution in [3.8, 4) is 5.88 Å². The second kappa shape index (κ2) is 7.61. The minimum atomic E-state index is 0.234. The molecule has 1 saturated heterocycles. The molecule has 4 heterocycles. The molecule has 1 aliphatic heterocycles. The van der Waals surface area contributed by atoms with Gasteiger partial charge in [0.05, 0.1) is 19.3 Å². The molecule has 8 heteroatoms. The fourth-order valence-electron chi connectivity index (χ4n) is 3.54. The van der Waals surface area contributed by atoms with Crippen LogP contribution in [0.15, 0.2) is 42.9 Å². The molecule has 0 amide bonds. The number of nitrogens with zero attached hydrogens (tertiary/aromatic N) is 6. The molecule has 3 aromatic heterocycles. The van der Waals surface area contributed by atoms with Crippen molar-refractivity contribution in [3.63, 3.8) is 0 Å². The molecule has 1 aliphatic rings. The molecule has 0 spiro atoms. The predicted molar refractivity (Wildman–Crippen MR) is 103 cm³/mol. The number of rotatable bonds is 5. The van der Waals surface area contributed by atoms with Gasteiger partial charge in [-0.25, -0.2) is 4.98 Å². The minimum absolute atomic E-state index is 0.234. The van der Waals surface area contributed by atoms with Crippen LogP contribution in [-0.4, -0.2) is 44.7 Å². The van der Waals surface area contributed by atoms with E-state index in [2.05, 4.69) is 29.4 Å². The second-order valence-corrected chi connectivity index (χ2v) is 6.62. The van der Waals surface area contributed by atoms with Gasteiger partial charge in [0, 0.05) is 43.7 Å². The van der Waals surface area contributed by atoms with Gasteiger partial charge in [-0.15, -0.1) is 0 Å². The molecule has 0 radical (unpaired) electrons. The minimum Gasteiger partial charge on any atom is -0.481 e. The summed E-state index contributed by atoms with van der Waals surface area (Å²) in [6.07, 6.45) is 7.75. The summed E-state index contributed by atoms with van der Waals surface area (Å²) in [6.45, 7) is 2.53. The standard InChI is InChI=1S/C19H23N7O/c1-27-17-12-16(23-19(20)24-17)25-9-5-14(6-10-25)18-22-8-11-26(18)13-15-4-2-3-7-21-15/h2-4,7-8,11-12,14H,5-6,9-10,13H2,1H3,(H2,20,23,24). The number of imidazole rings is 1. The van der Waals surface area contributed by atoms with Crippen LogP contribution in [0.25, 0.3) is 0 Å². The monoisotopic (exact) mass is 365 g/mol. The largest absolute Gasteiger partial charge is 0.481 e. The summed E-state index contributed by atoms with van der Waals surface area (Å²) in [6, 6.07) is 7.82. The first-order valence-electron chi connectivity index (χ1n) is 9.07. The molecule has 27 heavy (non-hydrogen) atoms. The van der Waals surface area contributed by atoms with Crippen molar-refractivity contribution in [2.45, 2.75) is 25.3 Å². The molecule has 140 valence electrons. The Bertz CT molecular complexity index is 888. The Balaban J connectivity index is 1.44. The van der Waals surface area contributed by atoms with Crippen molar-refractivity contribution in [2.24, 2.45) is 0 Å². The summed E-state index contributed by atoms with van der Waals surface area (Å²) in [5, 5.41) is 0. The van der Waals surface area contributed by atoms with Crippen LogP contribution in [0.2, 0.25) is 0 Å². The van der Waals surface area contributed by atoms with E-state index in [0.29, 0.717) is 11.8 Å². The average Bonchev–Trinajstić information content (AvgIpc) is 3.16. The maximum atomic E-state index is 5.79. The maximum Gasteiger partial charge on any atom is 0.225 e. The zero-order valence-corrected chi connectivity index (χ0v) is 15.3. The normalized spacial score (nSPS) is 15.1. The Hall–Kier alpha value is -3.16. The SMILES string of the molecule is COc1cc(N2CCC(c3nccn3Cc3ccccn3)CC2)nc(N)n1. The first kappa shape index (κ1) is 17.3. The van der Waals surface area contributed by atoms with E-state index in [1.54, 1.807) is 7.11 Å². The Morgan fingerprint density at radius 2 is 2.00 bits per heavy atom. The number of anilines is 2. The van der Waals surface area contributed by atoms with Crippen LogP contribution in [0, 0.1) is 0 Å². The number of ether oxygens (including phenoxy) is 1. The number of hydrogen-bond donors (Lipinski definition) is 1. The van der Waals surface area contributed by atoms with Crippen LogP contribution < -0.4 is 15.4 Å². The molecular formula is C19H23N7O. The van der Waals surface area contributed by atoms with Crippen molar-refractivity contribution in [1.29, 1.82) is 0 Å². The molecule has 0 unspecified atom stereocenters. The molecule has 0 aromatic carbocycles. The van der Waals surface area contributed by atoms with Gasteiger partial charge in [-0.2, -0.15) is 9.97 Å². The fraction of sp³-hybridized carbons (Fsp3) is 0.368. The lowest BCUT2D eigenvalue weighted by molar-refractivity contribution is 0.397. The van der Waals surface area contributed by atoms with Crippen LogP contribution in [-0.2, 0) is 6.54 Å². The van der Waals surface area contributed by atoms with Crippen molar-refractivity contribution in [2.75, 3.05) is 30.8 Å². The molecular weight excluding hydrogens is 342 g/mol. The summed E-state index contributed by atoms with van der Waals surface area (Å²) in [4.78, 5) is 19.7. The highest BCUT2D eigenvalue weighted by Gasteiger charge is 2.25. The molecule has 4 rings (SSSR count). The van der Waals surface area contributed by atoms with E-state index < -0.39 is 0 Å². The number of nitrogens with two attached hydrogens (primary N) is 1. The quantitative estimate of drug-likeness (QED) is 0.740. The summed E-state index contributed by atoms with van der Waals surface area (Å²) >= 11 is 0. The van der Waals surface area contributed by atoms with Gasteiger partial charge in [0.15, 0.2) is 0 Å². The van der Waals surface area contributed by atoms with E-state index in [0.717, 1.165) is 49.8 Å².